The van der Waals surface area contributed by atoms with E-state index < -0.39 is 0 Å². The van der Waals surface area contributed by atoms with Crippen LogP contribution in [0.5, 0.6) is 0 Å². The Morgan fingerprint density at radius 1 is 1.47 bits per heavy atom. The smallest absolute Gasteiger partial charge is 0.223 e. The first kappa shape index (κ1) is 13.9. The van der Waals surface area contributed by atoms with Crippen molar-refractivity contribution >= 4 is 5.91 Å². The molecule has 2 N–H and O–H groups in total. The Morgan fingerprint density at radius 2 is 2.26 bits per heavy atom. The molecule has 104 valence electrons. The van der Waals surface area contributed by atoms with Gasteiger partial charge in [0.1, 0.15) is 5.82 Å². The Bertz CT molecular complexity index is 417. The summed E-state index contributed by atoms with van der Waals surface area (Å²) in [6.45, 7) is 3.36. The van der Waals surface area contributed by atoms with Crippen LogP contribution in [0.15, 0.2) is 18.3 Å². The molecule has 0 spiro atoms. The van der Waals surface area contributed by atoms with Gasteiger partial charge in [-0.25, -0.2) is 4.39 Å². The van der Waals surface area contributed by atoms with Gasteiger partial charge in [-0.15, -0.1) is 0 Å². The van der Waals surface area contributed by atoms with E-state index >= 15 is 0 Å². The number of hydrogen-bond donors (Lipinski definition) is 2. The average molecular weight is 265 g/mol. The second kappa shape index (κ2) is 6.61. The second-order valence-electron chi connectivity index (χ2n) is 4.88. The maximum atomic E-state index is 12.8. The van der Waals surface area contributed by atoms with Gasteiger partial charge in [0, 0.05) is 25.0 Å². The third-order valence-electron chi connectivity index (χ3n) is 3.28. The number of aromatic nitrogens is 1. The van der Waals surface area contributed by atoms with Crippen molar-refractivity contribution in [2.24, 2.45) is 5.92 Å². The summed E-state index contributed by atoms with van der Waals surface area (Å²) in [4.78, 5) is 15.5. The van der Waals surface area contributed by atoms with Crippen LogP contribution >= 0.6 is 0 Å². The van der Waals surface area contributed by atoms with E-state index in [1.807, 2.05) is 6.92 Å². The van der Waals surface area contributed by atoms with Crippen LogP contribution in [0.4, 0.5) is 4.39 Å². The monoisotopic (exact) mass is 265 g/mol. The Hall–Kier alpha value is -1.49. The maximum Gasteiger partial charge on any atom is 0.223 e. The summed E-state index contributed by atoms with van der Waals surface area (Å²) in [5, 5.41) is 6.22. The lowest BCUT2D eigenvalue weighted by Gasteiger charge is -2.16. The predicted octanol–water partition coefficient (Wildman–Crippen LogP) is 1.79. The zero-order chi connectivity index (χ0) is 13.7. The molecule has 1 aromatic heterocycles. The van der Waals surface area contributed by atoms with E-state index in [0.717, 1.165) is 25.0 Å². The van der Waals surface area contributed by atoms with Gasteiger partial charge in [-0.1, -0.05) is 6.92 Å². The topological polar surface area (TPSA) is 54.0 Å². The maximum absolute atomic E-state index is 12.8. The van der Waals surface area contributed by atoms with Gasteiger partial charge in [-0.2, -0.15) is 0 Å². The number of carbonyl (C=O) groups is 1. The summed E-state index contributed by atoms with van der Waals surface area (Å²) in [6, 6.07) is 3.21. The van der Waals surface area contributed by atoms with Crippen molar-refractivity contribution < 1.29 is 9.18 Å². The van der Waals surface area contributed by atoms with Crippen LogP contribution in [-0.2, 0) is 4.79 Å². The van der Waals surface area contributed by atoms with Crippen LogP contribution in [-0.4, -0.2) is 24.0 Å². The fourth-order valence-corrected chi connectivity index (χ4v) is 1.97. The minimum absolute atomic E-state index is 0.0958. The molecule has 5 heteroatoms. The average Bonchev–Trinajstić information content (AvgIpc) is 3.24. The summed E-state index contributed by atoms with van der Waals surface area (Å²) in [5.74, 6) is 0.0887. The van der Waals surface area contributed by atoms with Crippen LogP contribution in [0.2, 0.25) is 0 Å². The standard InChI is InChI=1S/C14H20FN3O/c1-2-12(13-6-5-11(15)9-18-13)16-7-8-17-14(19)10-3-4-10/h5-6,9-10,12,16H,2-4,7-8H2,1H3,(H,17,19). The molecule has 1 fully saturated rings. The predicted molar refractivity (Wildman–Crippen MR) is 71.0 cm³/mol. The molecule has 0 bridgehead atoms. The molecule has 1 heterocycles. The SMILES string of the molecule is CCC(NCCNC(=O)C1CC1)c1ccc(F)cn1. The lowest BCUT2D eigenvalue weighted by Crippen LogP contribution is -2.34. The Morgan fingerprint density at radius 3 is 2.84 bits per heavy atom. The van der Waals surface area contributed by atoms with Crippen molar-refractivity contribution in [2.45, 2.75) is 32.2 Å². The van der Waals surface area contributed by atoms with Crippen molar-refractivity contribution in [3.63, 3.8) is 0 Å². The number of nitrogens with one attached hydrogen (secondary N) is 2. The number of carbonyl (C=O) groups excluding carboxylic acids is 1. The summed E-state index contributed by atoms with van der Waals surface area (Å²) in [5.41, 5.74) is 0.831. The van der Waals surface area contributed by atoms with Gasteiger partial charge in [-0.05, 0) is 31.4 Å². The molecule has 4 nitrogen and oxygen atoms in total. The number of pyridine rings is 1. The van der Waals surface area contributed by atoms with Crippen LogP contribution in [0.25, 0.3) is 0 Å². The van der Waals surface area contributed by atoms with E-state index in [9.17, 15) is 9.18 Å². The van der Waals surface area contributed by atoms with Gasteiger partial charge in [0.2, 0.25) is 5.91 Å². The van der Waals surface area contributed by atoms with Crippen LogP contribution in [0, 0.1) is 11.7 Å². The van der Waals surface area contributed by atoms with E-state index in [1.165, 1.54) is 12.3 Å². The highest BCUT2D eigenvalue weighted by Crippen LogP contribution is 2.28. The first-order valence-electron chi connectivity index (χ1n) is 6.83. The number of rotatable bonds is 7. The Balaban J connectivity index is 1.72. The number of amides is 1. The molecule has 1 aromatic rings. The normalized spacial score (nSPS) is 16.1. The highest BCUT2D eigenvalue weighted by Gasteiger charge is 2.28. The molecule has 0 saturated heterocycles. The molecular formula is C14H20FN3O. The Kier molecular flexibility index (Phi) is 4.85. The Labute approximate surface area is 112 Å². The number of nitrogens with zero attached hydrogens (tertiary/aromatic N) is 1. The van der Waals surface area contributed by atoms with Crippen molar-refractivity contribution in [1.29, 1.82) is 0 Å². The van der Waals surface area contributed by atoms with Crippen LogP contribution in [0.3, 0.4) is 0 Å². The van der Waals surface area contributed by atoms with E-state index in [0.29, 0.717) is 13.1 Å². The minimum Gasteiger partial charge on any atom is -0.355 e. The highest BCUT2D eigenvalue weighted by atomic mass is 19.1. The third-order valence-corrected chi connectivity index (χ3v) is 3.28. The minimum atomic E-state index is -0.324. The van der Waals surface area contributed by atoms with E-state index in [-0.39, 0.29) is 23.7 Å². The van der Waals surface area contributed by atoms with E-state index in [1.54, 1.807) is 6.07 Å². The van der Waals surface area contributed by atoms with Gasteiger partial charge in [0.05, 0.1) is 11.9 Å². The fraction of sp³-hybridized carbons (Fsp3) is 0.571. The van der Waals surface area contributed by atoms with Crippen molar-refractivity contribution in [2.75, 3.05) is 13.1 Å². The molecule has 1 saturated carbocycles. The van der Waals surface area contributed by atoms with Gasteiger partial charge in [0.15, 0.2) is 0 Å². The van der Waals surface area contributed by atoms with Gasteiger partial charge >= 0.3 is 0 Å². The lowest BCUT2D eigenvalue weighted by molar-refractivity contribution is -0.122. The van der Waals surface area contributed by atoms with Crippen molar-refractivity contribution in [1.82, 2.24) is 15.6 Å². The molecule has 0 aliphatic heterocycles. The van der Waals surface area contributed by atoms with E-state index in [4.69, 9.17) is 0 Å². The van der Waals surface area contributed by atoms with Crippen LogP contribution in [0.1, 0.15) is 37.9 Å². The summed E-state index contributed by atoms with van der Waals surface area (Å²) >= 11 is 0. The molecule has 1 aliphatic rings. The number of hydrogen-bond acceptors (Lipinski definition) is 3. The molecule has 0 radical (unpaired) electrons. The summed E-state index contributed by atoms with van der Waals surface area (Å²) in [6.07, 6.45) is 4.15. The van der Waals surface area contributed by atoms with Gasteiger partial charge < -0.3 is 10.6 Å². The molecule has 2 rings (SSSR count). The third kappa shape index (κ3) is 4.28. The zero-order valence-electron chi connectivity index (χ0n) is 11.2. The second-order valence-corrected chi connectivity index (χ2v) is 4.88. The van der Waals surface area contributed by atoms with Crippen molar-refractivity contribution in [3.8, 4) is 0 Å². The van der Waals surface area contributed by atoms with E-state index in [2.05, 4.69) is 15.6 Å². The quantitative estimate of drug-likeness (QED) is 0.739. The molecule has 1 unspecified atom stereocenters. The zero-order valence-corrected chi connectivity index (χ0v) is 11.2. The molecule has 0 aromatic carbocycles. The molecule has 19 heavy (non-hydrogen) atoms. The lowest BCUT2D eigenvalue weighted by atomic mass is 10.1. The molecule has 1 amide bonds. The molecule has 1 atom stereocenters. The largest absolute Gasteiger partial charge is 0.355 e. The van der Waals surface area contributed by atoms with Gasteiger partial charge in [-0.3, -0.25) is 9.78 Å². The van der Waals surface area contributed by atoms with Crippen LogP contribution < -0.4 is 10.6 Å². The fourth-order valence-electron chi connectivity index (χ4n) is 1.97. The van der Waals surface area contributed by atoms with Crippen molar-refractivity contribution in [3.05, 3.63) is 29.8 Å². The highest BCUT2D eigenvalue weighted by molar-refractivity contribution is 5.80. The molecule has 1 aliphatic carbocycles. The summed E-state index contributed by atoms with van der Waals surface area (Å²) < 4.78 is 12.8. The first-order valence-corrected chi connectivity index (χ1v) is 6.83. The summed E-state index contributed by atoms with van der Waals surface area (Å²) in [7, 11) is 0. The van der Waals surface area contributed by atoms with Gasteiger partial charge in [0.25, 0.3) is 0 Å². The molecular weight excluding hydrogens is 245 g/mol. The number of halogens is 1. The first-order chi connectivity index (χ1) is 9.20.